The zero-order valence-electron chi connectivity index (χ0n) is 14.9. The molecule has 0 aliphatic carbocycles. The molecule has 4 rings (SSSR count). The summed E-state index contributed by atoms with van der Waals surface area (Å²) in [6.45, 7) is 3.33. The molecule has 2 aromatic heterocycles. The van der Waals surface area contributed by atoms with Crippen LogP contribution >= 0.6 is 11.6 Å². The second kappa shape index (κ2) is 7.40. The highest BCUT2D eigenvalue weighted by Crippen LogP contribution is 2.26. The largest absolute Gasteiger partial charge is 0.369 e. The van der Waals surface area contributed by atoms with Gasteiger partial charge in [0.05, 0.1) is 5.69 Å². The standard InChI is InChI=1S/C20H19ClN4O2/c1-13-18(19(24-27-13)17-7-2-3-9-22-17)20(26)23-15-8-10-25(12-15)16-6-4-5-14(21)11-16/h2-7,9,11,15H,8,10,12H2,1H3,(H,23,26)/t15-/m1/s1. The highest BCUT2D eigenvalue weighted by Gasteiger charge is 2.28. The van der Waals surface area contributed by atoms with Gasteiger partial charge in [0, 0.05) is 36.0 Å². The first kappa shape index (κ1) is 17.5. The van der Waals surface area contributed by atoms with Gasteiger partial charge in [0.2, 0.25) is 0 Å². The van der Waals surface area contributed by atoms with Gasteiger partial charge in [-0.15, -0.1) is 0 Å². The van der Waals surface area contributed by atoms with Crippen molar-refractivity contribution in [3.8, 4) is 11.4 Å². The van der Waals surface area contributed by atoms with Gasteiger partial charge < -0.3 is 14.7 Å². The number of hydrogen-bond donors (Lipinski definition) is 1. The Balaban J connectivity index is 1.49. The minimum Gasteiger partial charge on any atom is -0.369 e. The van der Waals surface area contributed by atoms with E-state index in [0.717, 1.165) is 25.2 Å². The van der Waals surface area contributed by atoms with Crippen molar-refractivity contribution in [3.05, 3.63) is 65.0 Å². The summed E-state index contributed by atoms with van der Waals surface area (Å²) in [5.74, 6) is 0.296. The molecule has 0 bridgehead atoms. The van der Waals surface area contributed by atoms with Gasteiger partial charge >= 0.3 is 0 Å². The van der Waals surface area contributed by atoms with Crippen LogP contribution in [0.15, 0.2) is 53.2 Å². The summed E-state index contributed by atoms with van der Waals surface area (Å²) >= 11 is 6.08. The van der Waals surface area contributed by atoms with Gasteiger partial charge in [0.25, 0.3) is 5.91 Å². The SMILES string of the molecule is Cc1onc(-c2ccccn2)c1C(=O)N[C@@H]1CCN(c2cccc(Cl)c2)C1. The monoisotopic (exact) mass is 382 g/mol. The van der Waals surface area contributed by atoms with E-state index in [2.05, 4.69) is 20.4 Å². The fourth-order valence-electron chi connectivity index (χ4n) is 3.36. The van der Waals surface area contributed by atoms with Crippen molar-refractivity contribution < 1.29 is 9.32 Å². The number of benzene rings is 1. The number of anilines is 1. The molecule has 1 N–H and O–H groups in total. The molecule has 1 aliphatic rings. The maximum atomic E-state index is 12.9. The highest BCUT2D eigenvalue weighted by molar-refractivity contribution is 6.30. The lowest BCUT2D eigenvalue weighted by molar-refractivity contribution is 0.0939. The number of halogens is 1. The minimum atomic E-state index is -0.188. The number of hydrogen-bond acceptors (Lipinski definition) is 5. The average molecular weight is 383 g/mol. The molecule has 1 saturated heterocycles. The maximum absolute atomic E-state index is 12.9. The quantitative estimate of drug-likeness (QED) is 0.744. The van der Waals surface area contributed by atoms with Crippen LogP contribution in [-0.2, 0) is 0 Å². The van der Waals surface area contributed by atoms with Crippen molar-refractivity contribution in [1.82, 2.24) is 15.5 Å². The predicted molar refractivity (Wildman–Crippen MR) is 104 cm³/mol. The Hall–Kier alpha value is -2.86. The van der Waals surface area contributed by atoms with Crippen LogP contribution < -0.4 is 10.2 Å². The molecule has 3 heterocycles. The topological polar surface area (TPSA) is 71.3 Å². The van der Waals surface area contributed by atoms with E-state index in [1.807, 2.05) is 42.5 Å². The summed E-state index contributed by atoms with van der Waals surface area (Å²) in [5.41, 5.74) is 2.59. The van der Waals surface area contributed by atoms with Crippen molar-refractivity contribution in [2.45, 2.75) is 19.4 Å². The molecule has 0 unspecified atom stereocenters. The Bertz CT molecular complexity index is 958. The van der Waals surface area contributed by atoms with E-state index in [9.17, 15) is 4.79 Å². The van der Waals surface area contributed by atoms with Crippen molar-refractivity contribution in [3.63, 3.8) is 0 Å². The number of nitrogens with zero attached hydrogens (tertiary/aromatic N) is 3. The number of carbonyl (C=O) groups excluding carboxylic acids is 1. The predicted octanol–water partition coefficient (Wildman–Crippen LogP) is 3.71. The number of aromatic nitrogens is 2. The van der Waals surface area contributed by atoms with Crippen molar-refractivity contribution in [1.29, 1.82) is 0 Å². The summed E-state index contributed by atoms with van der Waals surface area (Å²) in [7, 11) is 0. The van der Waals surface area contributed by atoms with Crippen LogP contribution in [0.5, 0.6) is 0 Å². The van der Waals surface area contributed by atoms with Gasteiger partial charge in [0.1, 0.15) is 17.0 Å². The summed E-state index contributed by atoms with van der Waals surface area (Å²) < 4.78 is 5.26. The first-order chi connectivity index (χ1) is 13.1. The molecule has 138 valence electrons. The van der Waals surface area contributed by atoms with E-state index in [0.29, 0.717) is 27.7 Å². The van der Waals surface area contributed by atoms with Crippen molar-refractivity contribution in [2.75, 3.05) is 18.0 Å². The van der Waals surface area contributed by atoms with E-state index in [1.54, 1.807) is 13.1 Å². The molecule has 7 heteroatoms. The molecular weight excluding hydrogens is 364 g/mol. The van der Waals surface area contributed by atoms with E-state index in [-0.39, 0.29) is 11.9 Å². The Morgan fingerprint density at radius 2 is 2.19 bits per heavy atom. The maximum Gasteiger partial charge on any atom is 0.257 e. The number of pyridine rings is 1. The second-order valence-electron chi connectivity index (χ2n) is 6.56. The van der Waals surface area contributed by atoms with Gasteiger partial charge in [-0.25, -0.2) is 0 Å². The third-order valence-electron chi connectivity index (χ3n) is 4.69. The van der Waals surface area contributed by atoms with Crippen LogP contribution in [0.2, 0.25) is 5.02 Å². The van der Waals surface area contributed by atoms with Crippen LogP contribution in [-0.4, -0.2) is 35.2 Å². The second-order valence-corrected chi connectivity index (χ2v) is 7.00. The smallest absolute Gasteiger partial charge is 0.257 e. The Labute approximate surface area is 162 Å². The summed E-state index contributed by atoms with van der Waals surface area (Å²) in [5, 5.41) is 7.84. The molecule has 6 nitrogen and oxygen atoms in total. The molecule has 1 aliphatic heterocycles. The van der Waals surface area contributed by atoms with E-state index in [4.69, 9.17) is 16.1 Å². The number of nitrogens with one attached hydrogen (secondary N) is 1. The van der Waals surface area contributed by atoms with E-state index >= 15 is 0 Å². The van der Waals surface area contributed by atoms with Crippen LogP contribution in [0.1, 0.15) is 22.5 Å². The van der Waals surface area contributed by atoms with Gasteiger partial charge in [-0.3, -0.25) is 9.78 Å². The lowest BCUT2D eigenvalue weighted by atomic mass is 10.1. The van der Waals surface area contributed by atoms with Gasteiger partial charge in [-0.1, -0.05) is 28.9 Å². The molecule has 27 heavy (non-hydrogen) atoms. The third-order valence-corrected chi connectivity index (χ3v) is 4.93. The highest BCUT2D eigenvalue weighted by atomic mass is 35.5. The fraction of sp³-hybridized carbons (Fsp3) is 0.250. The zero-order valence-corrected chi connectivity index (χ0v) is 15.6. The van der Waals surface area contributed by atoms with Gasteiger partial charge in [-0.2, -0.15) is 0 Å². The first-order valence-electron chi connectivity index (χ1n) is 8.81. The zero-order chi connectivity index (χ0) is 18.8. The summed E-state index contributed by atoms with van der Waals surface area (Å²) in [6.07, 6.45) is 2.53. The molecular formula is C20H19ClN4O2. The normalized spacial score (nSPS) is 16.5. The first-order valence-corrected chi connectivity index (χ1v) is 9.18. The Morgan fingerprint density at radius 3 is 2.96 bits per heavy atom. The van der Waals surface area contributed by atoms with Crippen LogP contribution in [0.4, 0.5) is 5.69 Å². The molecule has 1 amide bonds. The fourth-order valence-corrected chi connectivity index (χ4v) is 3.54. The Morgan fingerprint density at radius 1 is 1.30 bits per heavy atom. The molecule has 1 atom stereocenters. The number of aryl methyl sites for hydroxylation is 1. The van der Waals surface area contributed by atoms with E-state index < -0.39 is 0 Å². The summed E-state index contributed by atoms with van der Waals surface area (Å²) in [6, 6.07) is 13.3. The van der Waals surface area contributed by atoms with Crippen molar-refractivity contribution in [2.24, 2.45) is 0 Å². The number of rotatable bonds is 4. The molecule has 0 radical (unpaired) electrons. The van der Waals surface area contributed by atoms with Gasteiger partial charge in [0.15, 0.2) is 0 Å². The Kier molecular flexibility index (Phi) is 4.81. The third kappa shape index (κ3) is 3.66. The van der Waals surface area contributed by atoms with Crippen LogP contribution in [0.3, 0.4) is 0 Å². The average Bonchev–Trinajstić information content (AvgIpc) is 3.29. The van der Waals surface area contributed by atoms with Crippen LogP contribution in [0, 0.1) is 6.92 Å². The van der Waals surface area contributed by atoms with Crippen molar-refractivity contribution >= 4 is 23.2 Å². The molecule has 3 aromatic rings. The number of carbonyl (C=O) groups is 1. The molecule has 1 aromatic carbocycles. The van der Waals surface area contributed by atoms with E-state index in [1.165, 1.54) is 0 Å². The molecule has 0 saturated carbocycles. The van der Waals surface area contributed by atoms with Crippen LogP contribution in [0.25, 0.3) is 11.4 Å². The number of amides is 1. The molecule has 1 fully saturated rings. The lowest BCUT2D eigenvalue weighted by Gasteiger charge is -2.19. The lowest BCUT2D eigenvalue weighted by Crippen LogP contribution is -2.37. The summed E-state index contributed by atoms with van der Waals surface area (Å²) in [4.78, 5) is 19.4. The van der Waals surface area contributed by atoms with Gasteiger partial charge in [-0.05, 0) is 43.7 Å². The minimum absolute atomic E-state index is 0.0439. The molecule has 0 spiro atoms.